The monoisotopic (exact) mass is 372 g/mol. The maximum atomic E-state index is 12.9. The van der Waals surface area contributed by atoms with Crippen LogP contribution in [0.1, 0.15) is 29.9 Å². The minimum Gasteiger partial charge on any atom is -0.356 e. The first-order valence-electron chi connectivity index (χ1n) is 7.51. The van der Waals surface area contributed by atoms with Crippen LogP contribution >= 0.6 is 11.6 Å². The summed E-state index contributed by atoms with van der Waals surface area (Å²) >= 11 is 5.55. The maximum absolute atomic E-state index is 12.9. The highest BCUT2D eigenvalue weighted by molar-refractivity contribution is 6.31. The summed E-state index contributed by atoms with van der Waals surface area (Å²) in [7, 11) is 0. The highest BCUT2D eigenvalue weighted by Crippen LogP contribution is 2.36. The Labute approximate surface area is 147 Å². The van der Waals surface area contributed by atoms with Gasteiger partial charge in [-0.05, 0) is 32.0 Å². The third-order valence-electron chi connectivity index (χ3n) is 3.49. The Bertz CT molecular complexity index is 746. The Morgan fingerprint density at radius 1 is 1.20 bits per heavy atom. The average Bonchev–Trinajstić information content (AvgIpc) is 2.57. The van der Waals surface area contributed by atoms with Gasteiger partial charge in [0.2, 0.25) is 0 Å². The van der Waals surface area contributed by atoms with E-state index in [1.54, 1.807) is 0 Å². The minimum absolute atomic E-state index is 0.000542. The van der Waals surface area contributed by atoms with E-state index < -0.39 is 22.7 Å². The molecule has 1 aromatic carbocycles. The molecule has 0 radical (unpaired) electrons. The van der Waals surface area contributed by atoms with Crippen LogP contribution in [0.3, 0.4) is 0 Å². The van der Waals surface area contributed by atoms with Crippen molar-refractivity contribution in [1.29, 1.82) is 0 Å². The predicted octanol–water partition coefficient (Wildman–Crippen LogP) is 4.25. The van der Waals surface area contributed by atoms with Crippen molar-refractivity contribution in [3.8, 4) is 0 Å². The lowest BCUT2D eigenvalue weighted by Crippen LogP contribution is -2.23. The van der Waals surface area contributed by atoms with Gasteiger partial charge in [0, 0.05) is 18.8 Å². The number of hydrogen-bond acceptors (Lipinski definition) is 4. The highest BCUT2D eigenvalue weighted by Gasteiger charge is 2.33. The van der Waals surface area contributed by atoms with Gasteiger partial charge in [0.05, 0.1) is 23.0 Å². The molecular weight excluding hydrogens is 357 g/mol. The summed E-state index contributed by atoms with van der Waals surface area (Å²) in [5.74, 6) is -0.0403. The molecule has 0 saturated carbocycles. The number of carbonyl (C=O) groups excluding carboxylic acids is 1. The van der Waals surface area contributed by atoms with Crippen molar-refractivity contribution < 1.29 is 18.0 Å². The first kappa shape index (κ1) is 19.0. The molecule has 1 aromatic heterocycles. The van der Waals surface area contributed by atoms with E-state index >= 15 is 0 Å². The molecule has 0 unspecified atom stereocenters. The van der Waals surface area contributed by atoms with Gasteiger partial charge in [-0.2, -0.15) is 13.2 Å². The first-order valence-corrected chi connectivity index (χ1v) is 7.89. The quantitative estimate of drug-likeness (QED) is 0.852. The van der Waals surface area contributed by atoms with Crippen molar-refractivity contribution in [2.45, 2.75) is 20.0 Å². The zero-order valence-electron chi connectivity index (χ0n) is 13.6. The van der Waals surface area contributed by atoms with Gasteiger partial charge >= 0.3 is 6.18 Å². The van der Waals surface area contributed by atoms with Gasteiger partial charge in [0.25, 0.3) is 5.91 Å². The summed E-state index contributed by atoms with van der Waals surface area (Å²) in [5, 5.41) is 1.92. The van der Waals surface area contributed by atoms with Crippen molar-refractivity contribution in [1.82, 2.24) is 9.97 Å². The van der Waals surface area contributed by atoms with E-state index in [9.17, 15) is 18.0 Å². The van der Waals surface area contributed by atoms with E-state index in [0.29, 0.717) is 5.82 Å². The minimum atomic E-state index is -4.61. The number of alkyl halides is 3. The largest absolute Gasteiger partial charge is 0.417 e. The molecule has 0 atom stereocenters. The van der Waals surface area contributed by atoms with Crippen LogP contribution in [0.2, 0.25) is 5.02 Å². The van der Waals surface area contributed by atoms with Crippen LogP contribution in [-0.2, 0) is 6.18 Å². The SMILES string of the molecule is CCN(CC)c1cnc(C(=O)Nc2ccc(Cl)c(C(F)(F)F)c2)cn1. The standard InChI is InChI=1S/C16H16ClF3N4O/c1-3-24(4-2)14-9-21-13(8-22-14)15(25)23-10-5-6-12(17)11(7-10)16(18,19)20/h5-9H,3-4H2,1-2H3,(H,23,25). The number of rotatable bonds is 5. The van der Waals surface area contributed by atoms with Crippen molar-refractivity contribution in [3.63, 3.8) is 0 Å². The molecule has 0 spiro atoms. The number of halogens is 4. The summed E-state index contributed by atoms with van der Waals surface area (Å²) in [6, 6.07) is 3.14. The van der Waals surface area contributed by atoms with Crippen LogP contribution in [0.5, 0.6) is 0 Å². The summed E-state index contributed by atoms with van der Waals surface area (Å²) in [4.78, 5) is 22.3. The first-order chi connectivity index (χ1) is 11.8. The second kappa shape index (κ2) is 7.69. The van der Waals surface area contributed by atoms with Crippen molar-refractivity contribution >= 4 is 29.0 Å². The summed E-state index contributed by atoms with van der Waals surface area (Å²) in [6.07, 6.45) is -1.88. The lowest BCUT2D eigenvalue weighted by Gasteiger charge is -2.19. The molecule has 0 saturated heterocycles. The molecule has 9 heteroatoms. The van der Waals surface area contributed by atoms with Gasteiger partial charge < -0.3 is 10.2 Å². The fourth-order valence-electron chi connectivity index (χ4n) is 2.16. The van der Waals surface area contributed by atoms with Crippen molar-refractivity contribution in [3.05, 3.63) is 46.9 Å². The van der Waals surface area contributed by atoms with Gasteiger partial charge in [-0.3, -0.25) is 4.79 Å². The Balaban J connectivity index is 2.17. The summed E-state index contributed by atoms with van der Waals surface area (Å²) in [5.41, 5.74) is -1.05. The second-order valence-corrected chi connectivity index (χ2v) is 5.49. The zero-order valence-corrected chi connectivity index (χ0v) is 14.3. The number of nitrogens with zero attached hydrogens (tertiary/aromatic N) is 3. The van der Waals surface area contributed by atoms with Crippen molar-refractivity contribution in [2.75, 3.05) is 23.3 Å². The van der Waals surface area contributed by atoms with Crippen LogP contribution in [0.15, 0.2) is 30.6 Å². The summed E-state index contributed by atoms with van der Waals surface area (Å²) in [6.45, 7) is 5.40. The molecule has 2 rings (SSSR count). The fourth-order valence-corrected chi connectivity index (χ4v) is 2.39. The highest BCUT2D eigenvalue weighted by atomic mass is 35.5. The normalized spacial score (nSPS) is 11.3. The fraction of sp³-hybridized carbons (Fsp3) is 0.312. The van der Waals surface area contributed by atoms with E-state index in [0.717, 1.165) is 25.2 Å². The Kier molecular flexibility index (Phi) is 5.84. The van der Waals surface area contributed by atoms with Gasteiger partial charge in [-0.1, -0.05) is 11.6 Å². The van der Waals surface area contributed by atoms with Gasteiger partial charge in [0.1, 0.15) is 11.5 Å². The predicted molar refractivity (Wildman–Crippen MR) is 90.0 cm³/mol. The van der Waals surface area contributed by atoms with Crippen LogP contribution in [0.4, 0.5) is 24.7 Å². The Morgan fingerprint density at radius 3 is 2.40 bits per heavy atom. The number of hydrogen-bond donors (Lipinski definition) is 1. The lowest BCUT2D eigenvalue weighted by molar-refractivity contribution is -0.137. The molecule has 0 aliphatic heterocycles. The third kappa shape index (κ3) is 4.60. The van der Waals surface area contributed by atoms with Crippen LogP contribution in [-0.4, -0.2) is 29.0 Å². The molecule has 2 aromatic rings. The number of carbonyl (C=O) groups is 1. The third-order valence-corrected chi connectivity index (χ3v) is 3.82. The Morgan fingerprint density at radius 2 is 1.88 bits per heavy atom. The molecule has 1 heterocycles. The number of nitrogens with one attached hydrogen (secondary N) is 1. The maximum Gasteiger partial charge on any atom is 0.417 e. The second-order valence-electron chi connectivity index (χ2n) is 5.08. The van der Waals surface area contributed by atoms with E-state index in [1.807, 2.05) is 18.7 Å². The van der Waals surface area contributed by atoms with Crippen molar-refractivity contribution in [2.24, 2.45) is 0 Å². The van der Waals surface area contributed by atoms with E-state index in [4.69, 9.17) is 11.6 Å². The van der Waals surface area contributed by atoms with Crippen LogP contribution in [0, 0.1) is 0 Å². The van der Waals surface area contributed by atoms with E-state index in [1.165, 1.54) is 18.5 Å². The van der Waals surface area contributed by atoms with E-state index in [-0.39, 0.29) is 11.4 Å². The average molecular weight is 373 g/mol. The number of anilines is 2. The van der Waals surface area contributed by atoms with E-state index in [2.05, 4.69) is 15.3 Å². The smallest absolute Gasteiger partial charge is 0.356 e. The van der Waals surface area contributed by atoms with Gasteiger partial charge in [-0.25, -0.2) is 9.97 Å². The molecule has 5 nitrogen and oxygen atoms in total. The molecule has 0 bridgehead atoms. The molecule has 0 fully saturated rings. The molecule has 0 aliphatic carbocycles. The topological polar surface area (TPSA) is 58.1 Å². The molecule has 1 amide bonds. The molecular formula is C16H16ClF3N4O. The number of aromatic nitrogens is 2. The molecule has 25 heavy (non-hydrogen) atoms. The summed E-state index contributed by atoms with van der Waals surface area (Å²) < 4.78 is 38.6. The number of amides is 1. The molecule has 0 aliphatic rings. The number of benzene rings is 1. The van der Waals surface area contributed by atoms with Gasteiger partial charge in [-0.15, -0.1) is 0 Å². The van der Waals surface area contributed by atoms with Crippen LogP contribution < -0.4 is 10.2 Å². The molecule has 134 valence electrons. The van der Waals surface area contributed by atoms with Gasteiger partial charge in [0.15, 0.2) is 0 Å². The zero-order chi connectivity index (χ0) is 18.6. The lowest BCUT2D eigenvalue weighted by atomic mass is 10.2. The Hall–Kier alpha value is -2.35. The molecule has 1 N–H and O–H groups in total. The van der Waals surface area contributed by atoms with Crippen LogP contribution in [0.25, 0.3) is 0 Å².